The first kappa shape index (κ1) is 23.8. The zero-order valence-corrected chi connectivity index (χ0v) is 21.3. The third-order valence-corrected chi connectivity index (χ3v) is 7.21. The third kappa shape index (κ3) is 4.75. The maximum Gasteiger partial charge on any atom is 0.266 e. The van der Waals surface area contributed by atoms with Crippen LogP contribution in [-0.4, -0.2) is 41.7 Å². The number of amidine groups is 1. The Morgan fingerprint density at radius 3 is 2.50 bits per heavy atom. The number of ether oxygens (including phenoxy) is 2. The molecule has 0 radical (unpaired) electrons. The van der Waals surface area contributed by atoms with Crippen LogP contribution < -0.4 is 9.47 Å². The van der Waals surface area contributed by atoms with Gasteiger partial charge >= 0.3 is 0 Å². The first-order chi connectivity index (χ1) is 17.6. The van der Waals surface area contributed by atoms with Crippen LogP contribution in [0.1, 0.15) is 16.7 Å². The monoisotopic (exact) mass is 497 g/mol. The van der Waals surface area contributed by atoms with E-state index in [4.69, 9.17) is 14.5 Å². The number of rotatable bonds is 7. The van der Waals surface area contributed by atoms with E-state index in [1.165, 1.54) is 22.7 Å². The van der Waals surface area contributed by atoms with Crippen LogP contribution >= 0.6 is 11.8 Å². The van der Waals surface area contributed by atoms with E-state index in [-0.39, 0.29) is 5.91 Å². The fraction of sp³-hybridized carbons (Fsp3) is 0.172. The molecule has 0 spiro atoms. The molecule has 3 aromatic carbocycles. The Morgan fingerprint density at radius 2 is 1.72 bits per heavy atom. The van der Waals surface area contributed by atoms with Gasteiger partial charge in [-0.05, 0) is 78.2 Å². The number of para-hydroxylation sites is 2. The number of benzene rings is 3. The maximum atomic E-state index is 13.6. The van der Waals surface area contributed by atoms with Crippen LogP contribution in [0.2, 0.25) is 0 Å². The first-order valence-corrected chi connectivity index (χ1v) is 12.5. The molecule has 0 unspecified atom stereocenters. The van der Waals surface area contributed by atoms with Crippen molar-refractivity contribution in [2.24, 2.45) is 4.99 Å². The topological polar surface area (TPSA) is 66.9 Å². The van der Waals surface area contributed by atoms with Gasteiger partial charge in [0.05, 0.1) is 24.8 Å². The highest BCUT2D eigenvalue weighted by molar-refractivity contribution is 8.18. The zero-order valence-electron chi connectivity index (χ0n) is 20.4. The number of H-pyrrole nitrogens is 1. The summed E-state index contributed by atoms with van der Waals surface area (Å²) in [7, 11) is 3.22. The van der Waals surface area contributed by atoms with Gasteiger partial charge in [0.15, 0.2) is 16.7 Å². The number of aryl methyl sites for hydroxylation is 1. The van der Waals surface area contributed by atoms with Gasteiger partial charge in [-0.25, -0.2) is 4.99 Å². The first-order valence-electron chi connectivity index (χ1n) is 11.7. The van der Waals surface area contributed by atoms with E-state index in [1.807, 2.05) is 73.8 Å². The number of nitrogens with zero attached hydrogens (tertiary/aromatic N) is 2. The molecule has 182 valence electrons. The van der Waals surface area contributed by atoms with Crippen molar-refractivity contribution >= 4 is 45.5 Å². The number of aromatic amines is 1. The second kappa shape index (κ2) is 10.3. The van der Waals surface area contributed by atoms with Crippen LogP contribution in [0.3, 0.4) is 0 Å². The Morgan fingerprint density at radius 1 is 1.00 bits per heavy atom. The summed E-state index contributed by atoms with van der Waals surface area (Å²) in [6.07, 6.45) is 4.65. The lowest BCUT2D eigenvalue weighted by Gasteiger charge is -2.15. The van der Waals surface area contributed by atoms with E-state index in [1.54, 1.807) is 19.1 Å². The molecule has 1 aromatic heterocycles. The van der Waals surface area contributed by atoms with E-state index in [2.05, 4.69) is 17.1 Å². The van der Waals surface area contributed by atoms with E-state index in [0.717, 1.165) is 22.3 Å². The number of aromatic nitrogens is 1. The van der Waals surface area contributed by atoms with Gasteiger partial charge in [-0.15, -0.1) is 0 Å². The minimum atomic E-state index is -0.0521. The second-order valence-electron chi connectivity index (χ2n) is 8.47. The molecule has 0 bridgehead atoms. The maximum absolute atomic E-state index is 13.6. The number of hydrogen-bond donors (Lipinski definition) is 1. The van der Waals surface area contributed by atoms with Crippen molar-refractivity contribution in [3.63, 3.8) is 0 Å². The van der Waals surface area contributed by atoms with E-state index < -0.39 is 0 Å². The van der Waals surface area contributed by atoms with Crippen molar-refractivity contribution in [2.75, 3.05) is 20.8 Å². The summed E-state index contributed by atoms with van der Waals surface area (Å²) in [6, 6.07) is 21.8. The Hall–Kier alpha value is -3.97. The van der Waals surface area contributed by atoms with Gasteiger partial charge in [-0.1, -0.05) is 36.4 Å². The highest BCUT2D eigenvalue weighted by atomic mass is 32.2. The van der Waals surface area contributed by atoms with Crippen LogP contribution in [0.4, 0.5) is 5.69 Å². The summed E-state index contributed by atoms with van der Waals surface area (Å²) in [5.74, 6) is 1.23. The van der Waals surface area contributed by atoms with Crippen molar-refractivity contribution in [1.82, 2.24) is 9.88 Å². The van der Waals surface area contributed by atoms with Crippen LogP contribution in [0, 0.1) is 6.92 Å². The third-order valence-electron chi connectivity index (χ3n) is 6.21. The molecule has 0 atom stereocenters. The predicted molar refractivity (Wildman–Crippen MR) is 147 cm³/mol. The van der Waals surface area contributed by atoms with Crippen LogP contribution in [-0.2, 0) is 11.2 Å². The Balaban J connectivity index is 1.48. The van der Waals surface area contributed by atoms with Crippen molar-refractivity contribution in [3.8, 4) is 11.5 Å². The molecule has 1 saturated heterocycles. The summed E-state index contributed by atoms with van der Waals surface area (Å²) in [5, 5.41) is 1.85. The predicted octanol–water partition coefficient (Wildman–Crippen LogP) is 6.34. The number of amides is 1. The largest absolute Gasteiger partial charge is 0.493 e. The Labute approximate surface area is 214 Å². The van der Waals surface area contributed by atoms with Gasteiger partial charge in [0.25, 0.3) is 5.91 Å². The minimum absolute atomic E-state index is 0.0521. The lowest BCUT2D eigenvalue weighted by molar-refractivity contribution is -0.122. The molecule has 4 aromatic rings. The lowest BCUT2D eigenvalue weighted by Crippen LogP contribution is -2.31. The van der Waals surface area contributed by atoms with Crippen molar-refractivity contribution in [3.05, 3.63) is 94.5 Å². The molecule has 7 heteroatoms. The number of thioether (sulfide) groups is 1. The lowest BCUT2D eigenvalue weighted by atomic mass is 10.1. The van der Waals surface area contributed by atoms with E-state index >= 15 is 0 Å². The van der Waals surface area contributed by atoms with Gasteiger partial charge in [-0.2, -0.15) is 0 Å². The molecular weight excluding hydrogens is 470 g/mol. The highest BCUT2D eigenvalue weighted by Gasteiger charge is 2.33. The van der Waals surface area contributed by atoms with Crippen molar-refractivity contribution in [1.29, 1.82) is 0 Å². The number of carbonyl (C=O) groups is 1. The van der Waals surface area contributed by atoms with Crippen molar-refractivity contribution in [2.45, 2.75) is 13.3 Å². The van der Waals surface area contributed by atoms with Crippen LogP contribution in [0.25, 0.3) is 17.0 Å². The fourth-order valence-electron chi connectivity index (χ4n) is 4.27. The quantitative estimate of drug-likeness (QED) is 0.303. The minimum Gasteiger partial charge on any atom is -0.493 e. The van der Waals surface area contributed by atoms with Crippen LogP contribution in [0.15, 0.2) is 82.8 Å². The summed E-state index contributed by atoms with van der Waals surface area (Å²) in [6.45, 7) is 2.52. The van der Waals surface area contributed by atoms with Crippen molar-refractivity contribution < 1.29 is 14.3 Å². The van der Waals surface area contributed by atoms with E-state index in [0.29, 0.717) is 34.5 Å². The van der Waals surface area contributed by atoms with Gasteiger partial charge < -0.3 is 14.5 Å². The average Bonchev–Trinajstić information content (AvgIpc) is 3.44. The van der Waals surface area contributed by atoms with E-state index in [9.17, 15) is 4.79 Å². The number of hydrogen-bond acceptors (Lipinski definition) is 5. The summed E-state index contributed by atoms with van der Waals surface area (Å²) in [5.41, 5.74) is 4.98. The SMILES string of the molecule is COc1cc(C)c(/C=C2\SC(=Nc3ccccc3)N(CCc3c[nH]c4ccccc34)C2=O)cc1OC. The fourth-order valence-corrected chi connectivity index (χ4v) is 5.28. The number of aliphatic imine (C=N–C) groups is 1. The molecule has 6 nitrogen and oxygen atoms in total. The normalized spacial score (nSPS) is 15.9. The molecule has 5 rings (SSSR count). The van der Waals surface area contributed by atoms with Gasteiger partial charge in [0.1, 0.15) is 0 Å². The standard InChI is InChI=1S/C29H27N3O3S/c1-19-15-25(34-2)26(35-3)16-21(19)17-27-28(33)32(29(36-27)31-22-9-5-4-6-10-22)14-13-20-18-30-24-12-8-7-11-23(20)24/h4-12,15-18,30H,13-14H2,1-3H3/b27-17-,31-29?. The molecule has 1 amide bonds. The van der Waals surface area contributed by atoms with Gasteiger partial charge in [0.2, 0.25) is 0 Å². The number of nitrogens with one attached hydrogen (secondary N) is 1. The average molecular weight is 498 g/mol. The Bertz CT molecular complexity index is 1470. The number of methoxy groups -OCH3 is 2. The molecule has 1 N–H and O–H groups in total. The second-order valence-corrected chi connectivity index (χ2v) is 9.48. The molecule has 1 aliphatic rings. The molecule has 0 saturated carbocycles. The van der Waals surface area contributed by atoms with Crippen LogP contribution in [0.5, 0.6) is 11.5 Å². The molecule has 2 heterocycles. The summed E-state index contributed by atoms with van der Waals surface area (Å²) >= 11 is 1.40. The zero-order chi connectivity index (χ0) is 25.1. The van der Waals surface area contributed by atoms with Gasteiger partial charge in [-0.3, -0.25) is 9.69 Å². The summed E-state index contributed by atoms with van der Waals surface area (Å²) < 4.78 is 10.9. The number of carbonyl (C=O) groups excluding carboxylic acids is 1. The molecular formula is C29H27N3O3S. The highest BCUT2D eigenvalue weighted by Crippen LogP contribution is 2.37. The Kier molecular flexibility index (Phi) is 6.82. The molecule has 36 heavy (non-hydrogen) atoms. The number of fused-ring (bicyclic) bond motifs is 1. The van der Waals surface area contributed by atoms with Gasteiger partial charge in [0, 0.05) is 23.6 Å². The molecule has 0 aliphatic carbocycles. The molecule has 1 fully saturated rings. The smallest absolute Gasteiger partial charge is 0.266 e. The molecule has 1 aliphatic heterocycles. The summed E-state index contributed by atoms with van der Waals surface area (Å²) in [4.78, 5) is 24.2.